The molecule has 0 unspecified atom stereocenters. The van der Waals surface area contributed by atoms with Gasteiger partial charge in [0.15, 0.2) is 0 Å². The predicted octanol–water partition coefficient (Wildman–Crippen LogP) is 1.83. The SMILES string of the molecule is C[Si](C)(C)OCCC[Se]C#N. The first kappa shape index (κ1) is 11.2. The van der Waals surface area contributed by atoms with Crippen LogP contribution in [0.25, 0.3) is 0 Å². The van der Waals surface area contributed by atoms with Gasteiger partial charge < -0.3 is 0 Å². The Morgan fingerprint density at radius 1 is 1.45 bits per heavy atom. The second-order valence-corrected chi connectivity index (χ2v) is 9.61. The van der Waals surface area contributed by atoms with Crippen LogP contribution in [0.2, 0.25) is 25.0 Å². The van der Waals surface area contributed by atoms with Crippen LogP contribution < -0.4 is 0 Å². The maximum atomic E-state index is 8.27. The molecule has 0 bridgehead atoms. The Kier molecular flexibility index (Phi) is 5.89. The van der Waals surface area contributed by atoms with Gasteiger partial charge in [0.05, 0.1) is 0 Å². The van der Waals surface area contributed by atoms with Gasteiger partial charge in [-0.25, -0.2) is 0 Å². The van der Waals surface area contributed by atoms with Crippen LogP contribution in [0.5, 0.6) is 0 Å². The summed E-state index contributed by atoms with van der Waals surface area (Å²) in [5.74, 6) is 0. The monoisotopic (exact) mass is 237 g/mol. The number of nitrogens with zero attached hydrogens (tertiary/aromatic N) is 1. The van der Waals surface area contributed by atoms with Gasteiger partial charge in [-0.2, -0.15) is 0 Å². The second-order valence-electron chi connectivity index (χ2n) is 3.25. The van der Waals surface area contributed by atoms with Crippen LogP contribution in [0.15, 0.2) is 0 Å². The molecule has 0 N–H and O–H groups in total. The van der Waals surface area contributed by atoms with Gasteiger partial charge in [0.2, 0.25) is 0 Å². The van der Waals surface area contributed by atoms with Gasteiger partial charge in [0.25, 0.3) is 0 Å². The summed E-state index contributed by atoms with van der Waals surface area (Å²) in [6, 6.07) is 0. The Bertz CT molecular complexity index is 138. The predicted molar refractivity (Wildman–Crippen MR) is 50.1 cm³/mol. The third-order valence-corrected chi connectivity index (χ3v) is 3.37. The summed E-state index contributed by atoms with van der Waals surface area (Å²) in [6.45, 7) is 7.40. The molecule has 0 heterocycles. The molecule has 0 saturated heterocycles. The molecular formula is C7H15NOSeSi. The van der Waals surface area contributed by atoms with Crippen molar-refractivity contribution < 1.29 is 4.43 Å². The summed E-state index contributed by atoms with van der Waals surface area (Å²) >= 11 is 0.183. The zero-order valence-corrected chi connectivity index (χ0v) is 10.1. The summed E-state index contributed by atoms with van der Waals surface area (Å²) in [5, 5.41) is 9.31. The average Bonchev–Trinajstić information content (AvgIpc) is 1.85. The molecule has 0 aliphatic carbocycles. The summed E-state index contributed by atoms with van der Waals surface area (Å²) in [6.07, 6.45) is 1.05. The first-order valence-electron chi connectivity index (χ1n) is 3.71. The van der Waals surface area contributed by atoms with E-state index in [9.17, 15) is 0 Å². The fraction of sp³-hybridized carbons (Fsp3) is 0.857. The quantitative estimate of drug-likeness (QED) is 0.539. The summed E-state index contributed by atoms with van der Waals surface area (Å²) < 4.78 is 5.62. The first-order chi connectivity index (χ1) is 5.06. The van der Waals surface area contributed by atoms with E-state index in [0.717, 1.165) is 18.3 Å². The van der Waals surface area contributed by atoms with Gasteiger partial charge in [-0.15, -0.1) is 0 Å². The summed E-state index contributed by atoms with van der Waals surface area (Å²) in [5.41, 5.74) is 0. The number of nitriles is 1. The summed E-state index contributed by atoms with van der Waals surface area (Å²) in [7, 11) is -1.29. The van der Waals surface area contributed by atoms with E-state index in [1.54, 1.807) is 0 Å². The van der Waals surface area contributed by atoms with E-state index in [2.05, 4.69) is 24.6 Å². The van der Waals surface area contributed by atoms with Crippen molar-refractivity contribution in [2.75, 3.05) is 6.61 Å². The van der Waals surface area contributed by atoms with Crippen molar-refractivity contribution in [2.45, 2.75) is 31.4 Å². The second kappa shape index (κ2) is 5.79. The molecule has 0 aromatic rings. The van der Waals surface area contributed by atoms with E-state index in [-0.39, 0.29) is 15.0 Å². The van der Waals surface area contributed by atoms with Gasteiger partial charge in [-0.1, -0.05) is 0 Å². The molecular weight excluding hydrogens is 221 g/mol. The topological polar surface area (TPSA) is 33.0 Å². The summed E-state index contributed by atoms with van der Waals surface area (Å²) in [4.78, 5) is 2.18. The normalized spacial score (nSPS) is 11.1. The number of hydrogen-bond acceptors (Lipinski definition) is 2. The van der Waals surface area contributed by atoms with Crippen molar-refractivity contribution in [1.82, 2.24) is 0 Å². The van der Waals surface area contributed by atoms with Crippen molar-refractivity contribution in [2.24, 2.45) is 0 Å². The number of hydrogen-bond donors (Lipinski definition) is 0. The van der Waals surface area contributed by atoms with E-state index in [4.69, 9.17) is 9.69 Å². The van der Waals surface area contributed by atoms with Crippen LogP contribution >= 0.6 is 0 Å². The van der Waals surface area contributed by atoms with Crippen molar-refractivity contribution in [3.63, 3.8) is 0 Å². The molecule has 0 aliphatic heterocycles. The van der Waals surface area contributed by atoms with E-state index in [0.29, 0.717) is 0 Å². The zero-order chi connectivity index (χ0) is 8.74. The van der Waals surface area contributed by atoms with Gasteiger partial charge in [0.1, 0.15) is 0 Å². The molecule has 11 heavy (non-hydrogen) atoms. The molecule has 4 heteroatoms. The van der Waals surface area contributed by atoms with Crippen LogP contribution in [0, 0.1) is 10.2 Å². The Labute approximate surface area is 76.2 Å². The van der Waals surface area contributed by atoms with Crippen LogP contribution in [0.3, 0.4) is 0 Å². The van der Waals surface area contributed by atoms with Gasteiger partial charge >= 0.3 is 75.9 Å². The third kappa shape index (κ3) is 10.2. The van der Waals surface area contributed by atoms with E-state index < -0.39 is 8.32 Å². The van der Waals surface area contributed by atoms with Crippen molar-refractivity contribution in [1.29, 1.82) is 5.26 Å². The fourth-order valence-electron chi connectivity index (χ4n) is 0.555. The molecule has 64 valence electrons. The van der Waals surface area contributed by atoms with Gasteiger partial charge in [-0.3, -0.25) is 0 Å². The van der Waals surface area contributed by atoms with Gasteiger partial charge in [0, 0.05) is 0 Å². The molecule has 0 aliphatic rings. The van der Waals surface area contributed by atoms with E-state index in [1.165, 1.54) is 0 Å². The molecule has 0 spiro atoms. The molecule has 0 atom stereocenters. The molecule has 0 amide bonds. The Morgan fingerprint density at radius 3 is 2.55 bits per heavy atom. The van der Waals surface area contributed by atoms with Crippen LogP contribution in [0.1, 0.15) is 6.42 Å². The molecule has 0 fully saturated rings. The zero-order valence-electron chi connectivity index (χ0n) is 7.39. The molecule has 0 radical (unpaired) electrons. The number of rotatable bonds is 5. The first-order valence-corrected chi connectivity index (χ1v) is 9.19. The van der Waals surface area contributed by atoms with E-state index >= 15 is 0 Å². The standard InChI is InChI=1S/C7H15NOSeSi/c1-11(2,3)9-5-4-6-10-7-8/h4-6H2,1-3H3. The molecule has 0 saturated carbocycles. The molecule has 0 aromatic heterocycles. The van der Waals surface area contributed by atoms with Crippen molar-refractivity contribution in [3.05, 3.63) is 0 Å². The Hall–Kier alpha value is 0.186. The molecule has 0 aromatic carbocycles. The average molecular weight is 236 g/mol. The minimum atomic E-state index is -1.29. The molecule has 0 rings (SSSR count). The van der Waals surface area contributed by atoms with Crippen LogP contribution in [0.4, 0.5) is 0 Å². The van der Waals surface area contributed by atoms with Gasteiger partial charge in [-0.05, 0) is 0 Å². The third-order valence-electron chi connectivity index (χ3n) is 0.990. The van der Waals surface area contributed by atoms with Crippen LogP contribution in [-0.4, -0.2) is 29.9 Å². The Morgan fingerprint density at radius 2 is 2.09 bits per heavy atom. The Balaban J connectivity index is 3.10. The minimum absolute atomic E-state index is 0.183. The van der Waals surface area contributed by atoms with Crippen molar-refractivity contribution >= 4 is 23.3 Å². The maximum absolute atomic E-state index is 8.27. The van der Waals surface area contributed by atoms with Crippen LogP contribution in [-0.2, 0) is 4.43 Å². The molecule has 2 nitrogen and oxygen atoms in total. The van der Waals surface area contributed by atoms with E-state index in [1.807, 2.05) is 0 Å². The fourth-order valence-corrected chi connectivity index (χ4v) is 2.05. The van der Waals surface area contributed by atoms with Crippen molar-refractivity contribution in [3.8, 4) is 4.97 Å².